The van der Waals surface area contributed by atoms with Crippen molar-refractivity contribution in [1.29, 1.82) is 0 Å². The fraction of sp³-hybridized carbons (Fsp3) is 0.167. The minimum absolute atomic E-state index is 0.514. The third-order valence-corrected chi connectivity index (χ3v) is 1.92. The Morgan fingerprint density at radius 2 is 1.60 bits per heavy atom. The lowest BCUT2D eigenvalue weighted by atomic mass is 10.2. The van der Waals surface area contributed by atoms with Crippen LogP contribution in [0.5, 0.6) is 17.2 Å². The Labute approximate surface area is 89.6 Å². The summed E-state index contributed by atoms with van der Waals surface area (Å²) in [4.78, 5) is 0. The zero-order chi connectivity index (χ0) is 11.3. The van der Waals surface area contributed by atoms with Crippen LogP contribution in [0.1, 0.15) is 5.56 Å². The molecule has 0 fully saturated rings. The van der Waals surface area contributed by atoms with Crippen LogP contribution in [0.4, 0.5) is 0 Å². The van der Waals surface area contributed by atoms with Crippen molar-refractivity contribution in [1.82, 2.24) is 0 Å². The fourth-order valence-corrected chi connectivity index (χ4v) is 1.22. The molecule has 1 aromatic carbocycles. The van der Waals surface area contributed by atoms with Gasteiger partial charge in [0.2, 0.25) is 5.75 Å². The van der Waals surface area contributed by atoms with Gasteiger partial charge < -0.3 is 14.2 Å². The van der Waals surface area contributed by atoms with Crippen LogP contribution in [0.3, 0.4) is 0 Å². The quantitative estimate of drug-likeness (QED) is 0.693. The first-order valence-corrected chi connectivity index (χ1v) is 4.42. The molecule has 1 rings (SSSR count). The average molecular weight is 206 g/mol. The molecule has 0 aliphatic heterocycles. The summed E-state index contributed by atoms with van der Waals surface area (Å²) in [6.45, 7) is 7.18. The highest BCUT2D eigenvalue weighted by atomic mass is 16.5. The molecule has 1 aromatic rings. The molecule has 3 heteroatoms. The molecule has 15 heavy (non-hydrogen) atoms. The first kappa shape index (κ1) is 11.2. The van der Waals surface area contributed by atoms with Gasteiger partial charge in [-0.1, -0.05) is 19.2 Å². The molecule has 0 unspecified atom stereocenters. The van der Waals surface area contributed by atoms with Gasteiger partial charge in [0.15, 0.2) is 11.5 Å². The molecule has 3 nitrogen and oxygen atoms in total. The van der Waals surface area contributed by atoms with Gasteiger partial charge in [-0.2, -0.15) is 0 Å². The van der Waals surface area contributed by atoms with Gasteiger partial charge in [-0.25, -0.2) is 0 Å². The van der Waals surface area contributed by atoms with Gasteiger partial charge in [-0.15, -0.1) is 0 Å². The summed E-state index contributed by atoms with van der Waals surface area (Å²) in [6.07, 6.45) is 3.04. The number of rotatable bonds is 5. The summed E-state index contributed by atoms with van der Waals surface area (Å²) >= 11 is 0. The molecular formula is C12H14O3. The molecule has 0 aliphatic carbocycles. The Morgan fingerprint density at radius 1 is 1.07 bits per heavy atom. The summed E-state index contributed by atoms with van der Waals surface area (Å²) in [5.74, 6) is 1.69. The van der Waals surface area contributed by atoms with E-state index in [0.717, 1.165) is 5.56 Å². The van der Waals surface area contributed by atoms with Crippen molar-refractivity contribution in [2.45, 2.75) is 0 Å². The predicted molar refractivity (Wildman–Crippen MR) is 60.5 cm³/mol. The van der Waals surface area contributed by atoms with Gasteiger partial charge in [0.1, 0.15) is 0 Å². The van der Waals surface area contributed by atoms with Gasteiger partial charge in [0, 0.05) is 0 Å². The normalized spacial score (nSPS) is 9.20. The zero-order valence-electron chi connectivity index (χ0n) is 8.95. The van der Waals surface area contributed by atoms with Gasteiger partial charge >= 0.3 is 0 Å². The molecule has 0 N–H and O–H groups in total. The second kappa shape index (κ2) is 5.10. The van der Waals surface area contributed by atoms with Gasteiger partial charge in [0.05, 0.1) is 20.5 Å². The maximum atomic E-state index is 5.23. The van der Waals surface area contributed by atoms with Crippen LogP contribution in [0.15, 0.2) is 31.6 Å². The summed E-state index contributed by atoms with van der Waals surface area (Å²) in [6, 6.07) is 3.63. The molecule has 0 saturated carbocycles. The van der Waals surface area contributed by atoms with E-state index in [1.807, 2.05) is 12.1 Å². The third-order valence-electron chi connectivity index (χ3n) is 1.92. The van der Waals surface area contributed by atoms with E-state index in [1.54, 1.807) is 20.3 Å². The molecule has 0 aliphatic rings. The highest BCUT2D eigenvalue weighted by Crippen LogP contribution is 2.38. The first-order valence-electron chi connectivity index (χ1n) is 4.42. The largest absolute Gasteiger partial charge is 0.493 e. The highest BCUT2D eigenvalue weighted by molar-refractivity contribution is 5.61. The van der Waals surface area contributed by atoms with Crippen LogP contribution in [-0.2, 0) is 0 Å². The van der Waals surface area contributed by atoms with E-state index in [4.69, 9.17) is 14.2 Å². The zero-order valence-corrected chi connectivity index (χ0v) is 8.95. The Hall–Kier alpha value is -1.90. The summed E-state index contributed by atoms with van der Waals surface area (Å²) < 4.78 is 15.6. The Balaban J connectivity index is 3.31. The van der Waals surface area contributed by atoms with E-state index in [0.29, 0.717) is 17.2 Å². The van der Waals surface area contributed by atoms with Crippen molar-refractivity contribution < 1.29 is 14.2 Å². The third kappa shape index (κ3) is 2.31. The van der Waals surface area contributed by atoms with Gasteiger partial charge in [0.25, 0.3) is 0 Å². The summed E-state index contributed by atoms with van der Waals surface area (Å²) in [5.41, 5.74) is 0.903. The fourth-order valence-electron chi connectivity index (χ4n) is 1.22. The van der Waals surface area contributed by atoms with Gasteiger partial charge in [-0.05, 0) is 17.7 Å². The minimum atomic E-state index is 0.514. The number of ether oxygens (including phenoxy) is 3. The summed E-state index contributed by atoms with van der Waals surface area (Å²) in [7, 11) is 3.13. The SMILES string of the molecule is C=COc1c(OC)cc(C=C)cc1OC. The number of methoxy groups -OCH3 is 2. The van der Waals surface area contributed by atoms with E-state index in [1.165, 1.54) is 6.26 Å². The second-order valence-corrected chi connectivity index (χ2v) is 2.74. The molecule has 0 aromatic heterocycles. The maximum absolute atomic E-state index is 5.23. The smallest absolute Gasteiger partial charge is 0.210 e. The van der Waals surface area contributed by atoms with Crippen molar-refractivity contribution >= 4 is 6.08 Å². The van der Waals surface area contributed by atoms with E-state index in [-0.39, 0.29) is 0 Å². The monoisotopic (exact) mass is 206 g/mol. The number of hydrogen-bond acceptors (Lipinski definition) is 3. The van der Waals surface area contributed by atoms with Crippen LogP contribution in [0.25, 0.3) is 6.08 Å². The van der Waals surface area contributed by atoms with Crippen LogP contribution in [0, 0.1) is 0 Å². The lowest BCUT2D eigenvalue weighted by molar-refractivity contribution is 0.346. The van der Waals surface area contributed by atoms with E-state index < -0.39 is 0 Å². The van der Waals surface area contributed by atoms with Crippen molar-refractivity contribution in [2.24, 2.45) is 0 Å². The average Bonchev–Trinajstić information content (AvgIpc) is 2.29. The topological polar surface area (TPSA) is 27.7 Å². The molecule has 80 valence electrons. The van der Waals surface area contributed by atoms with Crippen molar-refractivity contribution in [3.8, 4) is 17.2 Å². The molecule has 0 radical (unpaired) electrons. The van der Waals surface area contributed by atoms with E-state index in [2.05, 4.69) is 13.2 Å². The van der Waals surface area contributed by atoms with Crippen molar-refractivity contribution in [3.63, 3.8) is 0 Å². The lowest BCUT2D eigenvalue weighted by Gasteiger charge is -2.12. The van der Waals surface area contributed by atoms with E-state index >= 15 is 0 Å². The predicted octanol–water partition coefficient (Wildman–Crippen LogP) is 2.87. The molecular weight excluding hydrogens is 192 g/mol. The maximum Gasteiger partial charge on any atom is 0.210 e. The Kier molecular flexibility index (Phi) is 3.80. The molecule has 0 atom stereocenters. The van der Waals surface area contributed by atoms with Crippen LogP contribution in [0.2, 0.25) is 0 Å². The second-order valence-electron chi connectivity index (χ2n) is 2.74. The number of benzene rings is 1. The highest BCUT2D eigenvalue weighted by Gasteiger charge is 2.12. The van der Waals surface area contributed by atoms with Crippen LogP contribution in [-0.4, -0.2) is 14.2 Å². The number of hydrogen-bond donors (Lipinski definition) is 0. The standard InChI is InChI=1S/C12H14O3/c1-5-9-7-10(13-3)12(15-6-2)11(8-9)14-4/h5-8H,1-2H2,3-4H3. The van der Waals surface area contributed by atoms with Crippen LogP contribution >= 0.6 is 0 Å². The molecule has 0 bridgehead atoms. The van der Waals surface area contributed by atoms with Gasteiger partial charge in [-0.3, -0.25) is 0 Å². The van der Waals surface area contributed by atoms with Crippen molar-refractivity contribution in [2.75, 3.05) is 14.2 Å². The minimum Gasteiger partial charge on any atom is -0.493 e. The molecule has 0 amide bonds. The summed E-state index contributed by atoms with van der Waals surface area (Å²) in [5, 5.41) is 0. The van der Waals surface area contributed by atoms with Crippen molar-refractivity contribution in [3.05, 3.63) is 37.1 Å². The Morgan fingerprint density at radius 3 is 1.93 bits per heavy atom. The lowest BCUT2D eigenvalue weighted by Crippen LogP contribution is -1.94. The molecule has 0 heterocycles. The molecule has 0 saturated heterocycles. The van der Waals surface area contributed by atoms with E-state index in [9.17, 15) is 0 Å². The first-order chi connectivity index (χ1) is 7.26. The molecule has 0 spiro atoms. The van der Waals surface area contributed by atoms with Crippen LogP contribution < -0.4 is 14.2 Å². The Bertz CT molecular complexity index is 344.